The first-order valence-electron chi connectivity index (χ1n) is 6.34. The van der Waals surface area contributed by atoms with Crippen LogP contribution in [0, 0.1) is 0 Å². The fourth-order valence-corrected chi connectivity index (χ4v) is 3.16. The normalized spacial score (nSPS) is 16.4. The maximum Gasteiger partial charge on any atom is 0.242 e. The van der Waals surface area contributed by atoms with Crippen LogP contribution < -0.4 is 10.0 Å². The van der Waals surface area contributed by atoms with Crippen LogP contribution in [0.25, 0.3) is 0 Å². The van der Waals surface area contributed by atoms with E-state index in [1.165, 1.54) is 0 Å². The molecular weight excluding hydrogens is 264 g/mol. The Balaban J connectivity index is 2.30. The Bertz CT molecular complexity index is 551. The van der Waals surface area contributed by atoms with Crippen LogP contribution in [0.15, 0.2) is 29.2 Å². The van der Waals surface area contributed by atoms with Crippen LogP contribution in [0.5, 0.6) is 0 Å². The van der Waals surface area contributed by atoms with E-state index < -0.39 is 15.6 Å². The van der Waals surface area contributed by atoms with Gasteiger partial charge in [0.15, 0.2) is 0 Å². The summed E-state index contributed by atoms with van der Waals surface area (Å²) in [5.41, 5.74) is -0.0692. The van der Waals surface area contributed by atoms with Gasteiger partial charge in [0.2, 0.25) is 10.0 Å². The molecule has 1 saturated carbocycles. The van der Waals surface area contributed by atoms with Gasteiger partial charge >= 0.3 is 0 Å². The van der Waals surface area contributed by atoms with Crippen molar-refractivity contribution in [3.05, 3.63) is 24.3 Å². The van der Waals surface area contributed by atoms with E-state index in [0.29, 0.717) is 5.69 Å². The van der Waals surface area contributed by atoms with Gasteiger partial charge < -0.3 is 10.4 Å². The first-order valence-corrected chi connectivity index (χ1v) is 7.83. The van der Waals surface area contributed by atoms with Crippen LogP contribution in [0.1, 0.15) is 26.7 Å². The van der Waals surface area contributed by atoms with Crippen LogP contribution in [-0.4, -0.2) is 31.7 Å². The second-order valence-electron chi connectivity index (χ2n) is 5.56. The molecule has 1 aliphatic carbocycles. The highest BCUT2D eigenvalue weighted by atomic mass is 32.2. The molecular formula is C13H20N2O3S. The minimum atomic E-state index is -3.50. The van der Waals surface area contributed by atoms with Crippen molar-refractivity contribution in [3.8, 4) is 0 Å². The number of aliphatic hydroxyl groups excluding tert-OH is 1. The fourth-order valence-electron chi connectivity index (χ4n) is 1.69. The van der Waals surface area contributed by atoms with Crippen LogP contribution in [0.4, 0.5) is 5.69 Å². The number of rotatable bonds is 6. The largest absolute Gasteiger partial charge is 0.394 e. The van der Waals surface area contributed by atoms with Crippen molar-refractivity contribution in [2.75, 3.05) is 11.9 Å². The Labute approximate surface area is 114 Å². The van der Waals surface area contributed by atoms with E-state index in [0.717, 1.165) is 12.8 Å². The summed E-state index contributed by atoms with van der Waals surface area (Å²) in [6, 6.07) is 6.81. The molecule has 1 aromatic rings. The molecule has 5 nitrogen and oxygen atoms in total. The molecule has 1 fully saturated rings. The lowest BCUT2D eigenvalue weighted by molar-refractivity contribution is 0.234. The Morgan fingerprint density at radius 1 is 1.32 bits per heavy atom. The van der Waals surface area contributed by atoms with Gasteiger partial charge in [-0.2, -0.15) is 0 Å². The van der Waals surface area contributed by atoms with Crippen molar-refractivity contribution >= 4 is 15.7 Å². The zero-order valence-electron chi connectivity index (χ0n) is 11.2. The lowest BCUT2D eigenvalue weighted by Gasteiger charge is -2.26. The molecule has 0 aromatic heterocycles. The monoisotopic (exact) mass is 284 g/mol. The minimum Gasteiger partial charge on any atom is -0.394 e. The van der Waals surface area contributed by atoms with E-state index in [-0.39, 0.29) is 17.5 Å². The molecule has 0 heterocycles. The highest BCUT2D eigenvalue weighted by molar-refractivity contribution is 7.89. The van der Waals surface area contributed by atoms with Crippen molar-refractivity contribution in [1.29, 1.82) is 0 Å². The third kappa shape index (κ3) is 3.68. The molecule has 0 bridgehead atoms. The average molecular weight is 284 g/mol. The summed E-state index contributed by atoms with van der Waals surface area (Å²) < 4.78 is 27.2. The average Bonchev–Trinajstić information content (AvgIpc) is 3.12. The second-order valence-corrected chi connectivity index (χ2v) is 7.24. The molecule has 0 radical (unpaired) electrons. The molecule has 6 heteroatoms. The number of benzene rings is 1. The van der Waals surface area contributed by atoms with E-state index in [4.69, 9.17) is 0 Å². The number of anilines is 1. The topological polar surface area (TPSA) is 78.4 Å². The van der Waals surface area contributed by atoms with E-state index >= 15 is 0 Å². The van der Waals surface area contributed by atoms with Gasteiger partial charge in [-0.05, 0) is 38.8 Å². The molecule has 3 N–H and O–H groups in total. The fraction of sp³-hybridized carbons (Fsp3) is 0.538. The van der Waals surface area contributed by atoms with Gasteiger partial charge in [-0.1, -0.05) is 12.1 Å². The molecule has 0 amide bonds. The van der Waals surface area contributed by atoms with Gasteiger partial charge in [0, 0.05) is 6.04 Å². The summed E-state index contributed by atoms with van der Waals surface area (Å²) in [5, 5.41) is 12.3. The van der Waals surface area contributed by atoms with Crippen LogP contribution in [0.3, 0.4) is 0 Å². The van der Waals surface area contributed by atoms with Gasteiger partial charge in [-0.15, -0.1) is 0 Å². The molecule has 2 rings (SSSR count). The number of nitrogens with one attached hydrogen (secondary N) is 2. The summed E-state index contributed by atoms with van der Waals surface area (Å²) in [5.74, 6) is 0. The van der Waals surface area contributed by atoms with Crippen molar-refractivity contribution in [1.82, 2.24) is 4.72 Å². The molecule has 0 atom stereocenters. The first-order chi connectivity index (χ1) is 8.84. The Hall–Kier alpha value is -1.11. The zero-order valence-corrected chi connectivity index (χ0v) is 12.0. The number of para-hydroxylation sites is 1. The Morgan fingerprint density at radius 3 is 2.53 bits per heavy atom. The van der Waals surface area contributed by atoms with Crippen LogP contribution >= 0.6 is 0 Å². The number of aliphatic hydroxyl groups is 1. The molecule has 19 heavy (non-hydrogen) atoms. The lowest BCUT2D eigenvalue weighted by atomic mass is 10.1. The third-order valence-electron chi connectivity index (χ3n) is 2.94. The third-order valence-corrected chi connectivity index (χ3v) is 4.52. The standard InChI is InChI=1S/C13H20N2O3S/c1-13(2,9-16)14-11-5-3-4-6-12(11)19(17,18)15-10-7-8-10/h3-6,10,14-16H,7-9H2,1-2H3. The lowest BCUT2D eigenvalue weighted by Crippen LogP contribution is -2.36. The maximum atomic E-state index is 12.3. The van der Waals surface area contributed by atoms with E-state index in [1.807, 2.05) is 13.8 Å². The molecule has 106 valence electrons. The number of sulfonamides is 1. The predicted octanol–water partition coefficient (Wildman–Crippen LogP) is 1.31. The molecule has 0 unspecified atom stereocenters. The van der Waals surface area contributed by atoms with E-state index in [9.17, 15) is 13.5 Å². The van der Waals surface area contributed by atoms with Gasteiger partial charge in [-0.3, -0.25) is 0 Å². The van der Waals surface area contributed by atoms with Crippen molar-refractivity contribution in [2.24, 2.45) is 0 Å². The van der Waals surface area contributed by atoms with Gasteiger partial charge in [0.05, 0.1) is 17.8 Å². The minimum absolute atomic E-state index is 0.0731. The van der Waals surface area contributed by atoms with E-state index in [1.54, 1.807) is 24.3 Å². The summed E-state index contributed by atoms with van der Waals surface area (Å²) in [6.45, 7) is 3.53. The molecule has 0 saturated heterocycles. The summed E-state index contributed by atoms with van der Waals surface area (Å²) in [4.78, 5) is 0.225. The maximum absolute atomic E-state index is 12.3. The smallest absolute Gasteiger partial charge is 0.242 e. The van der Waals surface area contributed by atoms with Gasteiger partial charge in [0.1, 0.15) is 4.90 Å². The van der Waals surface area contributed by atoms with Gasteiger partial charge in [0.25, 0.3) is 0 Å². The van der Waals surface area contributed by atoms with E-state index in [2.05, 4.69) is 10.0 Å². The number of hydrogen-bond donors (Lipinski definition) is 3. The summed E-state index contributed by atoms with van der Waals surface area (Å²) in [7, 11) is -3.50. The molecule has 1 aliphatic rings. The first kappa shape index (κ1) is 14.3. The van der Waals surface area contributed by atoms with Crippen molar-refractivity contribution in [2.45, 2.75) is 43.2 Å². The quantitative estimate of drug-likeness (QED) is 0.736. The summed E-state index contributed by atoms with van der Waals surface area (Å²) >= 11 is 0. The summed E-state index contributed by atoms with van der Waals surface area (Å²) in [6.07, 6.45) is 1.80. The second kappa shape index (κ2) is 5.11. The molecule has 1 aromatic carbocycles. The van der Waals surface area contributed by atoms with Crippen molar-refractivity contribution in [3.63, 3.8) is 0 Å². The molecule has 0 spiro atoms. The molecule has 0 aliphatic heterocycles. The van der Waals surface area contributed by atoms with Crippen LogP contribution in [0.2, 0.25) is 0 Å². The zero-order chi connectivity index (χ0) is 14.1. The Kier molecular flexibility index (Phi) is 3.85. The van der Waals surface area contributed by atoms with Crippen LogP contribution in [-0.2, 0) is 10.0 Å². The number of hydrogen-bond acceptors (Lipinski definition) is 4. The highest BCUT2D eigenvalue weighted by Gasteiger charge is 2.30. The Morgan fingerprint density at radius 2 is 1.95 bits per heavy atom. The SMILES string of the molecule is CC(C)(CO)Nc1ccccc1S(=O)(=O)NC1CC1. The van der Waals surface area contributed by atoms with Crippen molar-refractivity contribution < 1.29 is 13.5 Å². The highest BCUT2D eigenvalue weighted by Crippen LogP contribution is 2.27. The predicted molar refractivity (Wildman–Crippen MR) is 74.6 cm³/mol. The van der Waals surface area contributed by atoms with Gasteiger partial charge in [-0.25, -0.2) is 13.1 Å².